The Balaban J connectivity index is 1.17. The molecular formula is C21H32S2. The Morgan fingerprint density at radius 1 is 0.696 bits per heavy atom. The average molecular weight is 349 g/mol. The predicted molar refractivity (Wildman–Crippen MR) is 102 cm³/mol. The van der Waals surface area contributed by atoms with Crippen molar-refractivity contribution in [3.63, 3.8) is 0 Å². The lowest BCUT2D eigenvalue weighted by atomic mass is 9.78. The van der Waals surface area contributed by atoms with E-state index in [9.17, 15) is 0 Å². The molecule has 128 valence electrons. The van der Waals surface area contributed by atoms with Crippen molar-refractivity contribution in [1.29, 1.82) is 0 Å². The molecule has 23 heavy (non-hydrogen) atoms. The third-order valence-corrected chi connectivity index (χ3v) is 11.9. The summed E-state index contributed by atoms with van der Waals surface area (Å²) in [4.78, 5) is 0. The van der Waals surface area contributed by atoms with Gasteiger partial charge in [-0.25, -0.2) is 0 Å². The minimum absolute atomic E-state index is 0.749. The van der Waals surface area contributed by atoms with Crippen molar-refractivity contribution in [3.8, 4) is 0 Å². The molecule has 0 aliphatic heterocycles. The Hall–Kier alpha value is 0.700. The van der Waals surface area contributed by atoms with Crippen LogP contribution in [0.1, 0.15) is 58.3 Å². The summed E-state index contributed by atoms with van der Waals surface area (Å²) in [6, 6.07) is 0. The second-order valence-electron chi connectivity index (χ2n) is 10.2. The smallest absolute Gasteiger partial charge is 0.00842 e. The van der Waals surface area contributed by atoms with Gasteiger partial charge in [0, 0.05) is 15.7 Å². The van der Waals surface area contributed by atoms with Crippen LogP contribution in [0.3, 0.4) is 0 Å². The van der Waals surface area contributed by atoms with Gasteiger partial charge in [0.2, 0.25) is 0 Å². The van der Waals surface area contributed by atoms with Gasteiger partial charge in [-0.05, 0) is 98.2 Å². The quantitative estimate of drug-likeness (QED) is 0.641. The molecule has 0 spiro atoms. The Labute approximate surface area is 151 Å². The Kier molecular flexibility index (Phi) is 3.30. The van der Waals surface area contributed by atoms with Crippen molar-refractivity contribution in [2.75, 3.05) is 0 Å². The van der Waals surface area contributed by atoms with Gasteiger partial charge in [-0.2, -0.15) is 24.4 Å². The van der Waals surface area contributed by atoms with E-state index in [-0.39, 0.29) is 0 Å². The van der Waals surface area contributed by atoms with Gasteiger partial charge in [-0.1, -0.05) is 13.3 Å². The average Bonchev–Trinajstić information content (AvgIpc) is 3.29. The Morgan fingerprint density at radius 3 is 2.35 bits per heavy atom. The van der Waals surface area contributed by atoms with Gasteiger partial charge in [-0.15, -0.1) is 0 Å². The molecule has 0 aromatic heterocycles. The van der Waals surface area contributed by atoms with E-state index in [1.54, 1.807) is 38.5 Å². The first-order valence-corrected chi connectivity index (χ1v) is 12.0. The summed E-state index contributed by atoms with van der Waals surface area (Å²) < 4.78 is 0. The van der Waals surface area contributed by atoms with E-state index in [2.05, 4.69) is 18.7 Å². The first-order chi connectivity index (χ1) is 11.2. The molecule has 0 amide bonds. The molecule has 4 bridgehead atoms. The van der Waals surface area contributed by atoms with Crippen LogP contribution in [0.4, 0.5) is 0 Å². The summed E-state index contributed by atoms with van der Waals surface area (Å²) in [6.45, 7) is 2.55. The van der Waals surface area contributed by atoms with E-state index in [0.717, 1.165) is 69.0 Å². The molecular weight excluding hydrogens is 316 g/mol. The molecule has 6 rings (SSSR count). The molecule has 12 unspecified atom stereocenters. The van der Waals surface area contributed by atoms with Gasteiger partial charge in [0.15, 0.2) is 0 Å². The van der Waals surface area contributed by atoms with Gasteiger partial charge in [0.05, 0.1) is 0 Å². The first-order valence-electron chi connectivity index (χ1n) is 10.5. The van der Waals surface area contributed by atoms with Crippen molar-refractivity contribution in [1.82, 2.24) is 0 Å². The lowest BCUT2D eigenvalue weighted by Crippen LogP contribution is -2.34. The zero-order valence-electron chi connectivity index (χ0n) is 14.4. The maximum absolute atomic E-state index is 4.98. The highest BCUT2D eigenvalue weighted by atomic mass is 32.2. The zero-order chi connectivity index (χ0) is 15.3. The second kappa shape index (κ2) is 5.12. The van der Waals surface area contributed by atoms with Gasteiger partial charge in [-0.3, -0.25) is 0 Å². The molecule has 2 heteroatoms. The predicted octanol–water partition coefficient (Wildman–Crippen LogP) is 5.52. The zero-order valence-corrected chi connectivity index (χ0v) is 16.2. The lowest BCUT2D eigenvalue weighted by Gasteiger charge is -2.38. The monoisotopic (exact) mass is 348 g/mol. The van der Waals surface area contributed by atoms with Crippen molar-refractivity contribution < 1.29 is 0 Å². The largest absolute Gasteiger partial charge is 0.176 e. The summed E-state index contributed by atoms with van der Waals surface area (Å²) in [5.41, 5.74) is 0. The van der Waals surface area contributed by atoms with Crippen LogP contribution in [0.2, 0.25) is 0 Å². The summed E-state index contributed by atoms with van der Waals surface area (Å²) in [6.07, 6.45) is 12.4. The molecule has 6 aliphatic rings. The third kappa shape index (κ3) is 1.95. The normalized spacial score (nSPS) is 65.5. The lowest BCUT2D eigenvalue weighted by molar-refractivity contribution is 0.224. The molecule has 0 aromatic rings. The minimum Gasteiger partial charge on any atom is -0.176 e. The van der Waals surface area contributed by atoms with E-state index in [1.807, 2.05) is 0 Å². The van der Waals surface area contributed by atoms with Crippen molar-refractivity contribution in [2.24, 2.45) is 53.3 Å². The fraction of sp³-hybridized carbons (Fsp3) is 1.00. The molecule has 6 fully saturated rings. The SMILES string of the molecule is CC1CCC2C3CC(CC3SC3CC4CC3C3C(S)CCC43)C12. The van der Waals surface area contributed by atoms with Crippen LogP contribution in [0.15, 0.2) is 0 Å². The molecule has 6 saturated carbocycles. The van der Waals surface area contributed by atoms with E-state index in [1.165, 1.54) is 12.8 Å². The summed E-state index contributed by atoms with van der Waals surface area (Å²) in [5.74, 6) is 9.80. The molecule has 0 aromatic carbocycles. The highest BCUT2D eigenvalue weighted by Crippen LogP contribution is 2.67. The fourth-order valence-corrected chi connectivity index (χ4v) is 11.7. The van der Waals surface area contributed by atoms with E-state index in [0.29, 0.717) is 0 Å². The Morgan fingerprint density at radius 2 is 1.43 bits per heavy atom. The van der Waals surface area contributed by atoms with Crippen molar-refractivity contribution in [3.05, 3.63) is 0 Å². The third-order valence-electron chi connectivity index (χ3n) is 9.56. The fourth-order valence-electron chi connectivity index (χ4n) is 8.96. The number of fused-ring (bicyclic) bond motifs is 10. The molecule has 0 heterocycles. The van der Waals surface area contributed by atoms with Crippen LogP contribution in [0, 0.1) is 53.3 Å². The van der Waals surface area contributed by atoms with Gasteiger partial charge < -0.3 is 0 Å². The molecule has 0 nitrogen and oxygen atoms in total. The molecule has 0 N–H and O–H groups in total. The van der Waals surface area contributed by atoms with Crippen LogP contribution in [0.25, 0.3) is 0 Å². The van der Waals surface area contributed by atoms with Crippen LogP contribution >= 0.6 is 24.4 Å². The maximum Gasteiger partial charge on any atom is 0.00842 e. The van der Waals surface area contributed by atoms with E-state index >= 15 is 0 Å². The van der Waals surface area contributed by atoms with E-state index in [4.69, 9.17) is 12.6 Å². The molecule has 0 saturated heterocycles. The highest BCUT2D eigenvalue weighted by Gasteiger charge is 2.60. The topological polar surface area (TPSA) is 0 Å². The Bertz CT molecular complexity index is 504. The standard InChI is InChI=1S/C21H32S2/c1-10-2-3-14-15-7-12(20(10)14)9-18(15)23-19-8-11-6-16(19)21-13(11)4-5-17(21)22/h10-22H,2-9H2,1H3. The first kappa shape index (κ1) is 14.8. The molecule has 0 radical (unpaired) electrons. The molecule has 12 atom stereocenters. The van der Waals surface area contributed by atoms with Crippen molar-refractivity contribution in [2.45, 2.75) is 74.0 Å². The summed E-state index contributed by atoms with van der Waals surface area (Å²) in [5, 5.41) is 2.82. The summed E-state index contributed by atoms with van der Waals surface area (Å²) >= 11 is 7.49. The van der Waals surface area contributed by atoms with Gasteiger partial charge in [0.25, 0.3) is 0 Å². The van der Waals surface area contributed by atoms with Gasteiger partial charge in [0.1, 0.15) is 0 Å². The number of hydrogen-bond donors (Lipinski definition) is 1. The number of thiol groups is 1. The number of hydrogen-bond acceptors (Lipinski definition) is 2. The second-order valence-corrected chi connectivity index (χ2v) is 12.3. The minimum atomic E-state index is 0.749. The van der Waals surface area contributed by atoms with Gasteiger partial charge >= 0.3 is 0 Å². The number of thioether (sulfide) groups is 1. The van der Waals surface area contributed by atoms with Crippen LogP contribution in [-0.2, 0) is 0 Å². The van der Waals surface area contributed by atoms with Crippen molar-refractivity contribution >= 4 is 24.4 Å². The van der Waals surface area contributed by atoms with Crippen LogP contribution < -0.4 is 0 Å². The van der Waals surface area contributed by atoms with Crippen LogP contribution in [0.5, 0.6) is 0 Å². The number of rotatable bonds is 2. The molecule has 6 aliphatic carbocycles. The summed E-state index contributed by atoms with van der Waals surface area (Å²) in [7, 11) is 0. The highest BCUT2D eigenvalue weighted by molar-refractivity contribution is 8.00. The van der Waals surface area contributed by atoms with Crippen LogP contribution in [-0.4, -0.2) is 15.7 Å². The van der Waals surface area contributed by atoms with E-state index < -0.39 is 0 Å². The maximum atomic E-state index is 4.98.